The number of para-hydroxylation sites is 2. The van der Waals surface area contributed by atoms with Gasteiger partial charge in [-0.25, -0.2) is 9.48 Å². The summed E-state index contributed by atoms with van der Waals surface area (Å²) < 4.78 is 7.38. The van der Waals surface area contributed by atoms with Gasteiger partial charge in [-0.05, 0) is 25.1 Å². The summed E-state index contributed by atoms with van der Waals surface area (Å²) in [6, 6.07) is 12.3. The van der Waals surface area contributed by atoms with Gasteiger partial charge < -0.3 is 4.42 Å². The van der Waals surface area contributed by atoms with Gasteiger partial charge in [0.15, 0.2) is 11.3 Å². The van der Waals surface area contributed by atoms with Crippen LogP contribution in [0.5, 0.6) is 0 Å². The van der Waals surface area contributed by atoms with Crippen LogP contribution in [0.4, 0.5) is 0 Å². The Labute approximate surface area is 168 Å². The van der Waals surface area contributed by atoms with Crippen molar-refractivity contribution >= 4 is 33.7 Å². The van der Waals surface area contributed by atoms with Crippen molar-refractivity contribution in [2.75, 3.05) is 0 Å². The topological polar surface area (TPSA) is 128 Å². The van der Waals surface area contributed by atoms with Gasteiger partial charge in [-0.2, -0.15) is 5.10 Å². The molecule has 2 aromatic carbocycles. The lowest BCUT2D eigenvalue weighted by Crippen LogP contribution is -2.46. The number of hydrazine groups is 1. The molecule has 1 atom stereocenters. The molecule has 0 bridgehead atoms. The summed E-state index contributed by atoms with van der Waals surface area (Å²) in [7, 11) is 1.43. The number of amides is 2. The summed E-state index contributed by atoms with van der Waals surface area (Å²) in [5.41, 5.74) is 5.03. The fourth-order valence-corrected chi connectivity index (χ4v) is 3.22. The Morgan fingerprint density at radius 1 is 1.00 bits per heavy atom. The summed E-state index contributed by atoms with van der Waals surface area (Å²) >= 11 is 0. The number of nitrogens with one attached hydrogen (secondary N) is 2. The Balaban J connectivity index is 1.57. The SMILES string of the molecule is CC(C(=O)NNC(=O)c1nn(C)c(=O)c2ccccc12)n1c(=O)oc2ccccc21. The molecule has 2 amide bonds. The third-order valence-electron chi connectivity index (χ3n) is 4.76. The smallest absolute Gasteiger partial charge is 0.408 e. The van der Waals surface area contributed by atoms with Crippen molar-refractivity contribution in [3.63, 3.8) is 0 Å². The fraction of sp³-hybridized carbons (Fsp3) is 0.150. The normalized spacial score (nSPS) is 12.1. The van der Waals surface area contributed by atoms with Gasteiger partial charge in [0.25, 0.3) is 17.4 Å². The quantitative estimate of drug-likeness (QED) is 0.485. The van der Waals surface area contributed by atoms with Crippen molar-refractivity contribution < 1.29 is 14.0 Å². The highest BCUT2D eigenvalue weighted by atomic mass is 16.4. The van der Waals surface area contributed by atoms with E-state index < -0.39 is 23.6 Å². The maximum atomic E-state index is 12.6. The van der Waals surface area contributed by atoms with Crippen LogP contribution in [-0.4, -0.2) is 26.2 Å². The molecule has 30 heavy (non-hydrogen) atoms. The summed E-state index contributed by atoms with van der Waals surface area (Å²) in [6.45, 7) is 1.50. The molecule has 0 spiro atoms. The van der Waals surface area contributed by atoms with E-state index in [0.717, 1.165) is 4.68 Å². The largest absolute Gasteiger partial charge is 0.420 e. The first-order chi connectivity index (χ1) is 14.4. The minimum Gasteiger partial charge on any atom is -0.408 e. The molecule has 2 aromatic heterocycles. The van der Waals surface area contributed by atoms with Crippen molar-refractivity contribution in [1.82, 2.24) is 25.2 Å². The standard InChI is InChI=1S/C20H17N5O5/c1-11(25-14-9-5-6-10-15(14)30-20(25)29)17(26)21-22-18(27)16-12-7-3-4-8-13(12)19(28)24(2)23-16/h3-11H,1-2H3,(H,21,26)(H,22,27). The number of rotatable bonds is 3. The van der Waals surface area contributed by atoms with Crippen LogP contribution >= 0.6 is 0 Å². The first-order valence-corrected chi connectivity index (χ1v) is 9.05. The highest BCUT2D eigenvalue weighted by Gasteiger charge is 2.22. The molecule has 0 radical (unpaired) electrons. The van der Waals surface area contributed by atoms with E-state index in [-0.39, 0.29) is 11.3 Å². The summed E-state index contributed by atoms with van der Waals surface area (Å²) in [5, 5.41) is 4.69. The molecule has 1 unspecified atom stereocenters. The van der Waals surface area contributed by atoms with E-state index in [0.29, 0.717) is 21.9 Å². The van der Waals surface area contributed by atoms with Crippen molar-refractivity contribution in [1.29, 1.82) is 0 Å². The van der Waals surface area contributed by atoms with Crippen LogP contribution in [0, 0.1) is 0 Å². The molecule has 2 heterocycles. The van der Waals surface area contributed by atoms with Crippen molar-refractivity contribution in [2.45, 2.75) is 13.0 Å². The molecule has 10 nitrogen and oxygen atoms in total. The molecule has 0 saturated heterocycles. The van der Waals surface area contributed by atoms with Crippen molar-refractivity contribution in [3.05, 3.63) is 75.1 Å². The Morgan fingerprint density at radius 2 is 1.67 bits per heavy atom. The number of hydrogen-bond acceptors (Lipinski definition) is 6. The van der Waals surface area contributed by atoms with Gasteiger partial charge in [-0.1, -0.05) is 30.3 Å². The van der Waals surface area contributed by atoms with Gasteiger partial charge in [-0.3, -0.25) is 29.8 Å². The molecule has 0 aliphatic rings. The minimum absolute atomic E-state index is 0.0217. The van der Waals surface area contributed by atoms with E-state index in [1.54, 1.807) is 48.5 Å². The average Bonchev–Trinajstić information content (AvgIpc) is 3.09. The summed E-state index contributed by atoms with van der Waals surface area (Å²) in [6.07, 6.45) is 0. The van der Waals surface area contributed by atoms with Crippen LogP contribution in [0.25, 0.3) is 21.9 Å². The van der Waals surface area contributed by atoms with Gasteiger partial charge >= 0.3 is 5.76 Å². The average molecular weight is 407 g/mol. The van der Waals surface area contributed by atoms with Crippen LogP contribution in [0.15, 0.2) is 62.5 Å². The molecule has 0 fully saturated rings. The van der Waals surface area contributed by atoms with E-state index >= 15 is 0 Å². The second-order valence-electron chi connectivity index (χ2n) is 6.65. The van der Waals surface area contributed by atoms with Crippen LogP contribution in [0.2, 0.25) is 0 Å². The second-order valence-corrected chi connectivity index (χ2v) is 6.65. The number of fused-ring (bicyclic) bond motifs is 2. The lowest BCUT2D eigenvalue weighted by molar-refractivity contribution is -0.124. The maximum absolute atomic E-state index is 12.6. The number of carbonyl (C=O) groups is 2. The van der Waals surface area contributed by atoms with E-state index in [1.165, 1.54) is 18.5 Å². The number of hydrogen-bond donors (Lipinski definition) is 2. The first-order valence-electron chi connectivity index (χ1n) is 9.05. The van der Waals surface area contributed by atoms with Gasteiger partial charge in [0, 0.05) is 12.4 Å². The van der Waals surface area contributed by atoms with Gasteiger partial charge in [0.1, 0.15) is 6.04 Å². The van der Waals surface area contributed by atoms with Gasteiger partial charge in [-0.15, -0.1) is 0 Å². The Morgan fingerprint density at radius 3 is 2.43 bits per heavy atom. The van der Waals surface area contributed by atoms with E-state index in [4.69, 9.17) is 4.42 Å². The fourth-order valence-electron chi connectivity index (χ4n) is 3.22. The van der Waals surface area contributed by atoms with Crippen LogP contribution in [-0.2, 0) is 11.8 Å². The van der Waals surface area contributed by atoms with Gasteiger partial charge in [0.2, 0.25) is 0 Å². The Kier molecular flexibility index (Phi) is 4.66. The molecule has 4 aromatic rings. The number of oxazole rings is 1. The summed E-state index contributed by atoms with van der Waals surface area (Å²) in [5.74, 6) is -2.02. The molecule has 2 N–H and O–H groups in total. The second kappa shape index (κ2) is 7.32. The molecule has 0 saturated carbocycles. The lowest BCUT2D eigenvalue weighted by atomic mass is 10.1. The number of aromatic nitrogens is 3. The van der Waals surface area contributed by atoms with Crippen LogP contribution in [0.3, 0.4) is 0 Å². The third kappa shape index (κ3) is 3.13. The zero-order chi connectivity index (χ0) is 21.4. The van der Waals surface area contributed by atoms with E-state index in [2.05, 4.69) is 16.0 Å². The lowest BCUT2D eigenvalue weighted by Gasteiger charge is -2.14. The number of benzene rings is 2. The zero-order valence-electron chi connectivity index (χ0n) is 16.1. The van der Waals surface area contributed by atoms with Crippen LogP contribution in [0.1, 0.15) is 23.5 Å². The maximum Gasteiger partial charge on any atom is 0.420 e. The number of aryl methyl sites for hydroxylation is 1. The summed E-state index contributed by atoms with van der Waals surface area (Å²) in [4.78, 5) is 49.5. The zero-order valence-corrected chi connectivity index (χ0v) is 16.1. The highest BCUT2D eigenvalue weighted by molar-refractivity contribution is 6.05. The predicted molar refractivity (Wildman–Crippen MR) is 108 cm³/mol. The number of nitrogens with zero attached hydrogens (tertiary/aromatic N) is 3. The molecule has 4 rings (SSSR count). The van der Waals surface area contributed by atoms with E-state index in [9.17, 15) is 19.2 Å². The van der Waals surface area contributed by atoms with Gasteiger partial charge in [0.05, 0.1) is 10.9 Å². The predicted octanol–water partition coefficient (Wildman–Crippen LogP) is 0.864. The number of carbonyl (C=O) groups excluding carboxylic acids is 2. The molecule has 10 heteroatoms. The molecular weight excluding hydrogens is 390 g/mol. The molecule has 152 valence electrons. The minimum atomic E-state index is -0.953. The first kappa shape index (κ1) is 19.1. The van der Waals surface area contributed by atoms with E-state index in [1.807, 2.05) is 0 Å². The Bertz CT molecular complexity index is 1410. The van der Waals surface area contributed by atoms with Crippen molar-refractivity contribution in [3.8, 4) is 0 Å². The monoisotopic (exact) mass is 407 g/mol. The highest BCUT2D eigenvalue weighted by Crippen LogP contribution is 2.16. The third-order valence-corrected chi connectivity index (χ3v) is 4.76. The molecule has 0 aliphatic heterocycles. The molecular formula is C20H17N5O5. The Hall–Kier alpha value is -4.21. The van der Waals surface area contributed by atoms with Crippen LogP contribution < -0.4 is 22.2 Å². The van der Waals surface area contributed by atoms with Crippen molar-refractivity contribution in [2.24, 2.45) is 7.05 Å². The molecule has 0 aliphatic carbocycles.